The fraction of sp³-hybridized carbons (Fsp3) is 0.316. The van der Waals surface area contributed by atoms with Crippen LogP contribution in [0, 0.1) is 0 Å². The number of ether oxygens (including phenoxy) is 1. The Morgan fingerprint density at radius 3 is 2.63 bits per heavy atom. The second-order valence-electron chi connectivity index (χ2n) is 7.23. The van der Waals surface area contributed by atoms with Crippen molar-refractivity contribution >= 4 is 21.1 Å². The number of rotatable bonds is 3. The molecule has 0 radical (unpaired) electrons. The number of nitrogens with zero attached hydrogens (tertiary/aromatic N) is 1. The van der Waals surface area contributed by atoms with E-state index in [2.05, 4.69) is 4.98 Å². The van der Waals surface area contributed by atoms with Crippen molar-refractivity contribution in [3.63, 3.8) is 0 Å². The Morgan fingerprint density at radius 2 is 1.89 bits per heavy atom. The number of nitrogens with one attached hydrogen (secondary N) is 1. The molecule has 8 heteroatoms. The summed E-state index contributed by atoms with van der Waals surface area (Å²) in [6.07, 6.45) is -0.345. The lowest BCUT2D eigenvalue weighted by atomic mass is 10.0. The van der Waals surface area contributed by atoms with E-state index in [1.807, 2.05) is 44.2 Å². The summed E-state index contributed by atoms with van der Waals surface area (Å²) in [7, 11) is -3.82. The van der Waals surface area contributed by atoms with Crippen molar-refractivity contribution in [3.8, 4) is 0 Å². The summed E-state index contributed by atoms with van der Waals surface area (Å²) in [5.41, 5.74) is 0.896. The second-order valence-corrected chi connectivity index (χ2v) is 9.09. The number of hydrogen-bond acceptors (Lipinski definition) is 5. The average molecular weight is 388 g/mol. The lowest BCUT2D eigenvalue weighted by molar-refractivity contribution is -0.0655. The molecular weight excluding hydrogens is 368 g/mol. The molecule has 2 heterocycles. The van der Waals surface area contributed by atoms with Gasteiger partial charge in [-0.1, -0.05) is 30.3 Å². The molecule has 0 amide bonds. The summed E-state index contributed by atoms with van der Waals surface area (Å²) in [6, 6.07) is 14.0. The predicted octanol–water partition coefficient (Wildman–Crippen LogP) is 2.66. The van der Waals surface area contributed by atoms with E-state index in [-0.39, 0.29) is 29.7 Å². The SMILES string of the molecule is CC1(C)COC(c2ccccc2)CN1S(=O)(=O)c1ccc2[nH]c(=O)oc2c1. The summed E-state index contributed by atoms with van der Waals surface area (Å²) in [6.45, 7) is 4.14. The zero-order valence-electron chi connectivity index (χ0n) is 15.0. The fourth-order valence-corrected chi connectivity index (χ4v) is 5.12. The third-order valence-electron chi connectivity index (χ3n) is 4.80. The smallest absolute Gasteiger partial charge is 0.408 e. The van der Waals surface area contributed by atoms with Crippen LogP contribution in [0.2, 0.25) is 0 Å². The minimum absolute atomic E-state index is 0.0829. The first kappa shape index (κ1) is 18.0. The molecule has 7 nitrogen and oxygen atoms in total. The number of oxazole rings is 1. The lowest BCUT2D eigenvalue weighted by Crippen LogP contribution is -2.56. The topological polar surface area (TPSA) is 92.6 Å². The van der Waals surface area contributed by atoms with Crippen LogP contribution in [0.15, 0.2) is 62.6 Å². The largest absolute Gasteiger partial charge is 0.417 e. The summed E-state index contributed by atoms with van der Waals surface area (Å²) < 4.78 is 39.2. The molecule has 3 aromatic rings. The number of aromatic amines is 1. The van der Waals surface area contributed by atoms with E-state index in [1.54, 1.807) is 0 Å². The molecule has 0 spiro atoms. The molecule has 1 aliphatic heterocycles. The van der Waals surface area contributed by atoms with Crippen LogP contribution in [0.4, 0.5) is 0 Å². The first-order valence-corrected chi connectivity index (χ1v) is 10.0. The van der Waals surface area contributed by atoms with Gasteiger partial charge in [-0.15, -0.1) is 0 Å². The quantitative estimate of drug-likeness (QED) is 0.745. The number of H-pyrrole nitrogens is 1. The summed E-state index contributed by atoms with van der Waals surface area (Å²) in [4.78, 5) is 13.9. The lowest BCUT2D eigenvalue weighted by Gasteiger charge is -2.44. The van der Waals surface area contributed by atoms with Crippen molar-refractivity contribution in [2.75, 3.05) is 13.2 Å². The summed E-state index contributed by atoms with van der Waals surface area (Å²) in [5.74, 6) is -0.615. The van der Waals surface area contributed by atoms with E-state index >= 15 is 0 Å². The maximum atomic E-state index is 13.4. The maximum Gasteiger partial charge on any atom is 0.417 e. The van der Waals surface area contributed by atoms with Crippen LogP contribution in [0.5, 0.6) is 0 Å². The van der Waals surface area contributed by atoms with Gasteiger partial charge < -0.3 is 9.15 Å². The fourth-order valence-electron chi connectivity index (χ4n) is 3.33. The molecule has 4 rings (SSSR count). The minimum atomic E-state index is -3.82. The first-order chi connectivity index (χ1) is 12.8. The molecule has 1 unspecified atom stereocenters. The van der Waals surface area contributed by atoms with Gasteiger partial charge in [0.15, 0.2) is 5.58 Å². The first-order valence-electron chi connectivity index (χ1n) is 8.60. The number of hydrogen-bond donors (Lipinski definition) is 1. The standard InChI is InChI=1S/C19H20N2O5S/c1-19(2)12-25-17(13-6-4-3-5-7-13)11-21(19)27(23,24)14-8-9-15-16(10-14)26-18(22)20-15/h3-10,17H,11-12H2,1-2H3,(H,20,22). The monoisotopic (exact) mass is 388 g/mol. The second kappa shape index (κ2) is 6.33. The summed E-state index contributed by atoms with van der Waals surface area (Å²) in [5, 5.41) is 0. The minimum Gasteiger partial charge on any atom is -0.408 e. The molecule has 1 atom stereocenters. The molecular formula is C19H20N2O5S. The van der Waals surface area contributed by atoms with Gasteiger partial charge in [-0.05, 0) is 31.5 Å². The normalized spacial score (nSPS) is 20.7. The highest BCUT2D eigenvalue weighted by atomic mass is 32.2. The molecule has 0 saturated carbocycles. The van der Waals surface area contributed by atoms with Gasteiger partial charge in [-0.2, -0.15) is 4.31 Å². The highest BCUT2D eigenvalue weighted by Crippen LogP contribution is 2.35. The number of aromatic nitrogens is 1. The number of benzene rings is 2. The van der Waals surface area contributed by atoms with Gasteiger partial charge in [0.05, 0.1) is 28.7 Å². The molecule has 1 saturated heterocycles. The van der Waals surface area contributed by atoms with Gasteiger partial charge in [0.2, 0.25) is 10.0 Å². The van der Waals surface area contributed by atoms with Crippen molar-refractivity contribution in [1.82, 2.24) is 9.29 Å². The van der Waals surface area contributed by atoms with Crippen LogP contribution in [0.25, 0.3) is 11.1 Å². The van der Waals surface area contributed by atoms with Crippen molar-refractivity contribution in [2.45, 2.75) is 30.4 Å². The molecule has 27 heavy (non-hydrogen) atoms. The predicted molar refractivity (Wildman–Crippen MR) is 99.9 cm³/mol. The number of sulfonamides is 1. The van der Waals surface area contributed by atoms with Gasteiger partial charge in [0.1, 0.15) is 0 Å². The molecule has 2 aromatic carbocycles. The van der Waals surface area contributed by atoms with Gasteiger partial charge in [-0.25, -0.2) is 13.2 Å². The molecule has 1 N–H and O–H groups in total. The Labute approximate surface area is 156 Å². The van der Waals surface area contributed by atoms with Gasteiger partial charge in [0, 0.05) is 12.6 Å². The van der Waals surface area contributed by atoms with Crippen LogP contribution in [-0.4, -0.2) is 36.4 Å². The zero-order valence-corrected chi connectivity index (χ0v) is 15.8. The maximum absolute atomic E-state index is 13.4. The zero-order chi connectivity index (χ0) is 19.2. The van der Waals surface area contributed by atoms with E-state index in [1.165, 1.54) is 22.5 Å². The van der Waals surface area contributed by atoms with Crippen molar-refractivity contribution < 1.29 is 17.6 Å². The Balaban J connectivity index is 1.73. The molecule has 0 bridgehead atoms. The van der Waals surface area contributed by atoms with E-state index < -0.39 is 21.3 Å². The number of morpholine rings is 1. The highest BCUT2D eigenvalue weighted by molar-refractivity contribution is 7.89. The van der Waals surface area contributed by atoms with Crippen LogP contribution < -0.4 is 5.76 Å². The van der Waals surface area contributed by atoms with Crippen LogP contribution >= 0.6 is 0 Å². The van der Waals surface area contributed by atoms with E-state index in [0.717, 1.165) is 5.56 Å². The molecule has 1 aromatic heterocycles. The molecule has 0 aliphatic carbocycles. The highest BCUT2D eigenvalue weighted by Gasteiger charge is 2.43. The molecule has 1 aliphatic rings. The van der Waals surface area contributed by atoms with E-state index in [0.29, 0.717) is 5.52 Å². The van der Waals surface area contributed by atoms with Gasteiger partial charge in [-0.3, -0.25) is 4.98 Å². The van der Waals surface area contributed by atoms with Crippen molar-refractivity contribution in [3.05, 3.63) is 64.6 Å². The molecule has 1 fully saturated rings. The van der Waals surface area contributed by atoms with Crippen LogP contribution in [0.1, 0.15) is 25.5 Å². The van der Waals surface area contributed by atoms with E-state index in [9.17, 15) is 13.2 Å². The van der Waals surface area contributed by atoms with Gasteiger partial charge >= 0.3 is 5.76 Å². The third-order valence-corrected chi connectivity index (χ3v) is 6.87. The summed E-state index contributed by atoms with van der Waals surface area (Å²) >= 11 is 0. The Morgan fingerprint density at radius 1 is 1.15 bits per heavy atom. The Hall–Kier alpha value is -2.42. The number of fused-ring (bicyclic) bond motifs is 1. The van der Waals surface area contributed by atoms with E-state index in [4.69, 9.17) is 9.15 Å². The van der Waals surface area contributed by atoms with Crippen molar-refractivity contribution in [2.24, 2.45) is 0 Å². The van der Waals surface area contributed by atoms with Crippen LogP contribution in [-0.2, 0) is 14.8 Å². The Bertz CT molecular complexity index is 1130. The van der Waals surface area contributed by atoms with Crippen molar-refractivity contribution in [1.29, 1.82) is 0 Å². The van der Waals surface area contributed by atoms with Crippen LogP contribution in [0.3, 0.4) is 0 Å². The Kier molecular flexibility index (Phi) is 4.21. The van der Waals surface area contributed by atoms with Gasteiger partial charge in [0.25, 0.3) is 0 Å². The molecule has 142 valence electrons. The third kappa shape index (κ3) is 3.20. The average Bonchev–Trinajstić information content (AvgIpc) is 3.01.